The van der Waals surface area contributed by atoms with Crippen molar-refractivity contribution in [2.45, 2.75) is 13.0 Å². The summed E-state index contributed by atoms with van der Waals surface area (Å²) in [6.45, 7) is 1.68. The lowest BCUT2D eigenvalue weighted by Crippen LogP contribution is -2.07. The van der Waals surface area contributed by atoms with E-state index in [1.807, 2.05) is 6.07 Å². The molecular weight excluding hydrogens is 314 g/mol. The van der Waals surface area contributed by atoms with Crippen molar-refractivity contribution in [3.05, 3.63) is 53.7 Å². The van der Waals surface area contributed by atoms with Crippen LogP contribution in [0.25, 0.3) is 11.0 Å². The molecule has 0 bridgehead atoms. The number of benzene rings is 2. The first kappa shape index (κ1) is 15.1. The maximum absolute atomic E-state index is 8.73. The zero-order chi connectivity index (χ0) is 16.2. The van der Waals surface area contributed by atoms with E-state index in [1.165, 1.54) is 0 Å². The molecule has 0 N–H and O–H groups in total. The molecule has 23 heavy (non-hydrogen) atoms. The van der Waals surface area contributed by atoms with Gasteiger partial charge in [-0.05, 0) is 49.4 Å². The minimum Gasteiger partial charge on any atom is -0.476 e. The van der Waals surface area contributed by atoms with Crippen molar-refractivity contribution in [3.8, 4) is 23.4 Å². The third kappa shape index (κ3) is 3.68. The lowest BCUT2D eigenvalue weighted by molar-refractivity contribution is 0.276. The van der Waals surface area contributed by atoms with E-state index in [0.717, 1.165) is 0 Å². The monoisotopic (exact) mass is 325 g/mol. The van der Waals surface area contributed by atoms with Gasteiger partial charge in [-0.1, -0.05) is 11.6 Å². The molecule has 0 saturated heterocycles. The molecule has 2 aromatic carbocycles. The van der Waals surface area contributed by atoms with Crippen molar-refractivity contribution >= 4 is 22.6 Å². The molecule has 1 unspecified atom stereocenters. The molecule has 114 valence electrons. The third-order valence-corrected chi connectivity index (χ3v) is 3.26. The van der Waals surface area contributed by atoms with Crippen LogP contribution in [0.15, 0.2) is 48.7 Å². The Hall–Kier alpha value is -2.84. The Balaban J connectivity index is 1.76. The van der Waals surface area contributed by atoms with Crippen molar-refractivity contribution in [1.29, 1.82) is 5.26 Å². The van der Waals surface area contributed by atoms with Crippen LogP contribution in [0.1, 0.15) is 6.92 Å². The van der Waals surface area contributed by atoms with Crippen LogP contribution in [0.2, 0.25) is 5.02 Å². The van der Waals surface area contributed by atoms with Gasteiger partial charge in [-0.2, -0.15) is 5.26 Å². The van der Waals surface area contributed by atoms with Crippen LogP contribution in [0.3, 0.4) is 0 Å². The number of rotatable bonds is 4. The second-order valence-electron chi connectivity index (χ2n) is 4.80. The van der Waals surface area contributed by atoms with E-state index in [0.29, 0.717) is 33.4 Å². The van der Waals surface area contributed by atoms with Crippen LogP contribution < -0.4 is 9.47 Å². The van der Waals surface area contributed by atoms with Crippen molar-refractivity contribution in [3.63, 3.8) is 0 Å². The molecular formula is C17H12ClN3O2. The lowest BCUT2D eigenvalue weighted by Gasteiger charge is -2.09. The summed E-state index contributed by atoms with van der Waals surface area (Å²) in [4.78, 5) is 8.65. The second kappa shape index (κ2) is 6.51. The van der Waals surface area contributed by atoms with Crippen molar-refractivity contribution in [1.82, 2.24) is 9.97 Å². The molecule has 1 atom stereocenters. The van der Waals surface area contributed by atoms with Gasteiger partial charge in [0.25, 0.3) is 0 Å². The van der Waals surface area contributed by atoms with Crippen molar-refractivity contribution in [2.24, 2.45) is 0 Å². The topological polar surface area (TPSA) is 68.0 Å². The lowest BCUT2D eigenvalue weighted by atomic mass is 10.3. The molecule has 6 heteroatoms. The Kier molecular flexibility index (Phi) is 4.26. The fourth-order valence-corrected chi connectivity index (χ4v) is 2.12. The zero-order valence-corrected chi connectivity index (χ0v) is 13.0. The number of hydrogen-bond donors (Lipinski definition) is 0. The fraction of sp³-hybridized carbons (Fsp3) is 0.118. The standard InChI is InChI=1S/C17H12ClN3O2/c1-11(9-19)22-13-3-5-14(6-4-13)23-17-10-20-16-8-12(18)2-7-15(16)21-17/h2-8,10-11H,1H3. The van der Waals surface area contributed by atoms with E-state index in [4.69, 9.17) is 26.3 Å². The SMILES string of the molecule is CC(C#N)Oc1ccc(Oc2cnc3cc(Cl)ccc3n2)cc1. The Bertz CT molecular complexity index is 875. The first-order chi connectivity index (χ1) is 11.1. The summed E-state index contributed by atoms with van der Waals surface area (Å²) in [7, 11) is 0. The highest BCUT2D eigenvalue weighted by molar-refractivity contribution is 6.31. The first-order valence-corrected chi connectivity index (χ1v) is 7.28. The molecule has 1 aromatic heterocycles. The molecule has 0 saturated carbocycles. The first-order valence-electron chi connectivity index (χ1n) is 6.90. The number of aromatic nitrogens is 2. The second-order valence-corrected chi connectivity index (χ2v) is 5.24. The predicted octanol–water partition coefficient (Wildman–Crippen LogP) is 4.37. The maximum atomic E-state index is 8.73. The van der Waals surface area contributed by atoms with E-state index in [1.54, 1.807) is 55.6 Å². The van der Waals surface area contributed by atoms with Gasteiger partial charge in [-0.3, -0.25) is 0 Å². The summed E-state index contributed by atoms with van der Waals surface area (Å²) < 4.78 is 11.1. The zero-order valence-electron chi connectivity index (χ0n) is 12.2. The summed E-state index contributed by atoms with van der Waals surface area (Å²) in [6, 6.07) is 14.3. The Morgan fingerprint density at radius 1 is 1.09 bits per heavy atom. The smallest absolute Gasteiger partial charge is 0.238 e. The molecule has 1 heterocycles. The van der Waals surface area contributed by atoms with Gasteiger partial charge in [0.05, 0.1) is 17.2 Å². The Morgan fingerprint density at radius 3 is 2.57 bits per heavy atom. The number of fused-ring (bicyclic) bond motifs is 1. The highest BCUT2D eigenvalue weighted by atomic mass is 35.5. The van der Waals surface area contributed by atoms with Gasteiger partial charge in [-0.15, -0.1) is 0 Å². The van der Waals surface area contributed by atoms with Crippen molar-refractivity contribution in [2.75, 3.05) is 0 Å². The molecule has 0 fully saturated rings. The quantitative estimate of drug-likeness (QED) is 0.712. The largest absolute Gasteiger partial charge is 0.476 e. The van der Waals surface area contributed by atoms with Gasteiger partial charge in [0.2, 0.25) is 5.88 Å². The number of hydrogen-bond acceptors (Lipinski definition) is 5. The number of nitrogens with zero attached hydrogens (tertiary/aromatic N) is 3. The normalized spacial score (nSPS) is 11.7. The summed E-state index contributed by atoms with van der Waals surface area (Å²) in [6.07, 6.45) is 1.04. The molecule has 0 aliphatic carbocycles. The van der Waals surface area contributed by atoms with Crippen molar-refractivity contribution < 1.29 is 9.47 Å². The third-order valence-electron chi connectivity index (χ3n) is 3.02. The molecule has 0 spiro atoms. The van der Waals surface area contributed by atoms with Gasteiger partial charge < -0.3 is 9.47 Å². The minimum absolute atomic E-state index is 0.388. The fourth-order valence-electron chi connectivity index (χ4n) is 1.95. The van der Waals surface area contributed by atoms with Crippen LogP contribution in [-0.2, 0) is 0 Å². The van der Waals surface area contributed by atoms with Crippen LogP contribution in [0.4, 0.5) is 0 Å². The average molecular weight is 326 g/mol. The van der Waals surface area contributed by atoms with Crippen LogP contribution >= 0.6 is 11.6 Å². The van der Waals surface area contributed by atoms with Crippen LogP contribution in [-0.4, -0.2) is 16.1 Å². The predicted molar refractivity (Wildman–Crippen MR) is 86.8 cm³/mol. The van der Waals surface area contributed by atoms with Gasteiger partial charge in [0.1, 0.15) is 17.6 Å². The number of ether oxygens (including phenoxy) is 2. The highest BCUT2D eigenvalue weighted by Gasteiger charge is 2.05. The molecule has 3 aromatic rings. The summed E-state index contributed by atoms with van der Waals surface area (Å²) >= 11 is 5.92. The molecule has 0 aliphatic rings. The van der Waals surface area contributed by atoms with Gasteiger partial charge in [0, 0.05) is 5.02 Å². The van der Waals surface area contributed by atoms with E-state index in [-0.39, 0.29) is 0 Å². The summed E-state index contributed by atoms with van der Waals surface area (Å²) in [5.41, 5.74) is 1.41. The highest BCUT2D eigenvalue weighted by Crippen LogP contribution is 2.24. The summed E-state index contributed by atoms with van der Waals surface area (Å²) in [5.74, 6) is 1.59. The van der Waals surface area contributed by atoms with Crippen LogP contribution in [0, 0.1) is 11.3 Å². The minimum atomic E-state index is -0.500. The maximum Gasteiger partial charge on any atom is 0.238 e. The Morgan fingerprint density at radius 2 is 1.83 bits per heavy atom. The van der Waals surface area contributed by atoms with E-state index >= 15 is 0 Å². The van der Waals surface area contributed by atoms with E-state index in [9.17, 15) is 0 Å². The van der Waals surface area contributed by atoms with Gasteiger partial charge >= 0.3 is 0 Å². The molecule has 0 aliphatic heterocycles. The molecule has 0 amide bonds. The van der Waals surface area contributed by atoms with E-state index in [2.05, 4.69) is 9.97 Å². The van der Waals surface area contributed by atoms with Crippen LogP contribution in [0.5, 0.6) is 17.4 Å². The average Bonchev–Trinajstić information content (AvgIpc) is 2.56. The number of halogens is 1. The molecule has 0 radical (unpaired) electrons. The Labute approximate surface area is 138 Å². The number of nitriles is 1. The van der Waals surface area contributed by atoms with Gasteiger partial charge in [0.15, 0.2) is 6.10 Å². The summed E-state index contributed by atoms with van der Waals surface area (Å²) in [5, 5.41) is 9.34. The molecule has 5 nitrogen and oxygen atoms in total. The molecule has 3 rings (SSSR count). The van der Waals surface area contributed by atoms with Gasteiger partial charge in [-0.25, -0.2) is 9.97 Å². The van der Waals surface area contributed by atoms with E-state index < -0.39 is 6.10 Å².